The standard InChI is InChI=1S/C19H24N6O5S/c1-2-3-4-6-21-11(19(28)29)5-7-31-8-12-14(26)15(27)18(30-12)25-10-24-13-16(20)22-9-23-17(13)25/h1,3-4,9-12,14-15,18,21,26-27H,5-8H2,(H,28,29)(H2,20,22,23)/t11-,12+,14+,15+,18+/m0/s1. The summed E-state index contributed by atoms with van der Waals surface area (Å²) in [5.74, 6) is 2.50. The van der Waals surface area contributed by atoms with E-state index in [9.17, 15) is 20.1 Å². The third-order valence-electron chi connectivity index (χ3n) is 4.83. The lowest BCUT2D eigenvalue weighted by atomic mass is 10.1. The first-order valence-electron chi connectivity index (χ1n) is 9.53. The minimum atomic E-state index is -1.18. The molecule has 0 saturated carbocycles. The third-order valence-corrected chi connectivity index (χ3v) is 5.91. The van der Waals surface area contributed by atoms with Crippen LogP contribution in [0.1, 0.15) is 12.6 Å². The number of nitrogens with zero attached hydrogens (tertiary/aromatic N) is 4. The van der Waals surface area contributed by atoms with Crippen LogP contribution in [-0.4, -0.2) is 83.2 Å². The summed E-state index contributed by atoms with van der Waals surface area (Å²) in [6.45, 7) is 0.358. The second-order valence-corrected chi connectivity index (χ2v) is 8.01. The maximum Gasteiger partial charge on any atom is 0.320 e. The van der Waals surface area contributed by atoms with Crippen molar-refractivity contribution >= 4 is 34.7 Å². The third kappa shape index (κ3) is 5.33. The number of aliphatic hydroxyl groups is 2. The Morgan fingerprint density at radius 2 is 2.23 bits per heavy atom. The largest absolute Gasteiger partial charge is 0.480 e. The van der Waals surface area contributed by atoms with Gasteiger partial charge in [0.1, 0.15) is 30.1 Å². The maximum absolute atomic E-state index is 11.4. The predicted octanol–water partition coefficient (Wildman–Crippen LogP) is -0.617. The van der Waals surface area contributed by atoms with Crippen LogP contribution >= 0.6 is 11.8 Å². The molecule has 5 atom stereocenters. The molecular formula is C19H24N6O5S. The lowest BCUT2D eigenvalue weighted by molar-refractivity contribution is -0.139. The van der Waals surface area contributed by atoms with Crippen LogP contribution in [0, 0.1) is 12.3 Å². The smallest absolute Gasteiger partial charge is 0.320 e. The van der Waals surface area contributed by atoms with Crippen LogP contribution < -0.4 is 11.1 Å². The van der Waals surface area contributed by atoms with Crippen molar-refractivity contribution in [2.45, 2.75) is 37.0 Å². The first-order chi connectivity index (χ1) is 14.9. The van der Waals surface area contributed by atoms with Crippen molar-refractivity contribution in [3.8, 4) is 12.3 Å². The van der Waals surface area contributed by atoms with Gasteiger partial charge < -0.3 is 31.1 Å². The molecule has 0 amide bonds. The first-order valence-corrected chi connectivity index (χ1v) is 10.7. The Bertz CT molecular complexity index is 976. The molecule has 0 aliphatic carbocycles. The Hall–Kier alpha value is -2.69. The number of hydrogen-bond acceptors (Lipinski definition) is 10. The van der Waals surface area contributed by atoms with Gasteiger partial charge in [-0.05, 0) is 18.2 Å². The number of aliphatic carboxylic acids is 1. The number of ether oxygens (including phenoxy) is 1. The van der Waals surface area contributed by atoms with Gasteiger partial charge in [-0.25, -0.2) is 15.0 Å². The SMILES string of the molecule is C#CC=CCN[C@@H](CCSC[C@H]1O[C@@H](n2cnc3c(N)ncnc32)[C@H](O)[C@@H]1O)C(=O)O. The van der Waals surface area contributed by atoms with Crippen molar-refractivity contribution in [3.05, 3.63) is 24.8 Å². The highest BCUT2D eigenvalue weighted by molar-refractivity contribution is 7.99. The van der Waals surface area contributed by atoms with E-state index in [4.69, 9.17) is 16.9 Å². The zero-order valence-electron chi connectivity index (χ0n) is 16.5. The fraction of sp³-hybridized carbons (Fsp3) is 0.474. The number of fused-ring (bicyclic) bond motifs is 1. The Kier molecular flexibility index (Phi) is 7.83. The van der Waals surface area contributed by atoms with Gasteiger partial charge in [0.05, 0.1) is 12.4 Å². The van der Waals surface area contributed by atoms with E-state index in [1.165, 1.54) is 35.1 Å². The van der Waals surface area contributed by atoms with Gasteiger partial charge in [0.15, 0.2) is 17.7 Å². The van der Waals surface area contributed by atoms with Gasteiger partial charge in [0.2, 0.25) is 0 Å². The molecule has 0 spiro atoms. The molecule has 12 heteroatoms. The number of anilines is 1. The number of nitrogens with one attached hydrogen (secondary N) is 1. The molecule has 0 aromatic carbocycles. The van der Waals surface area contributed by atoms with Gasteiger partial charge in [0, 0.05) is 12.3 Å². The fourth-order valence-corrected chi connectivity index (χ4v) is 4.28. The van der Waals surface area contributed by atoms with Crippen molar-refractivity contribution in [1.29, 1.82) is 0 Å². The van der Waals surface area contributed by atoms with Crippen LogP contribution in [0.25, 0.3) is 11.2 Å². The molecule has 2 aromatic heterocycles. The van der Waals surface area contributed by atoms with Crippen LogP contribution in [0.4, 0.5) is 5.82 Å². The fourth-order valence-electron chi connectivity index (χ4n) is 3.20. The normalized spacial score (nSPS) is 24.5. The van der Waals surface area contributed by atoms with Gasteiger partial charge >= 0.3 is 5.97 Å². The quantitative estimate of drug-likeness (QED) is 0.232. The van der Waals surface area contributed by atoms with Crippen LogP contribution in [0.3, 0.4) is 0 Å². The highest BCUT2D eigenvalue weighted by atomic mass is 32.2. The van der Waals surface area contributed by atoms with E-state index in [1.807, 2.05) is 0 Å². The predicted molar refractivity (Wildman–Crippen MR) is 115 cm³/mol. The molecular weight excluding hydrogens is 424 g/mol. The number of terminal acetylenes is 1. The van der Waals surface area contributed by atoms with Gasteiger partial charge in [-0.1, -0.05) is 12.0 Å². The number of carboxylic acids is 1. The lowest BCUT2D eigenvalue weighted by Gasteiger charge is -2.16. The van der Waals surface area contributed by atoms with Gasteiger partial charge in [-0.3, -0.25) is 9.36 Å². The molecule has 11 nitrogen and oxygen atoms in total. The summed E-state index contributed by atoms with van der Waals surface area (Å²) in [6, 6.07) is -0.717. The van der Waals surface area contributed by atoms with E-state index in [0.29, 0.717) is 35.6 Å². The van der Waals surface area contributed by atoms with Gasteiger partial charge in [-0.15, -0.1) is 6.42 Å². The second kappa shape index (κ2) is 10.6. The molecule has 1 aliphatic heterocycles. The average Bonchev–Trinajstić information content (AvgIpc) is 3.29. The molecule has 31 heavy (non-hydrogen) atoms. The van der Waals surface area contributed by atoms with Crippen molar-refractivity contribution in [2.75, 3.05) is 23.8 Å². The van der Waals surface area contributed by atoms with Crippen LogP contribution in [0.2, 0.25) is 0 Å². The molecule has 166 valence electrons. The summed E-state index contributed by atoms with van der Waals surface area (Å²) in [5.41, 5.74) is 6.57. The van der Waals surface area contributed by atoms with E-state index in [1.54, 1.807) is 6.08 Å². The first kappa shape index (κ1) is 23.0. The summed E-state index contributed by atoms with van der Waals surface area (Å²) in [4.78, 5) is 23.5. The number of nitrogens with two attached hydrogens (primary N) is 1. The number of allylic oxidation sites excluding steroid dienone is 1. The van der Waals surface area contributed by atoms with E-state index < -0.39 is 36.6 Å². The summed E-state index contributed by atoms with van der Waals surface area (Å²) >= 11 is 1.43. The summed E-state index contributed by atoms with van der Waals surface area (Å²) in [6.07, 6.45) is 7.56. The number of aliphatic hydroxyl groups excluding tert-OH is 2. The molecule has 1 aliphatic rings. The topological polar surface area (TPSA) is 169 Å². The summed E-state index contributed by atoms with van der Waals surface area (Å²) < 4.78 is 7.38. The molecule has 0 radical (unpaired) electrons. The minimum absolute atomic E-state index is 0.209. The number of imidazole rings is 1. The van der Waals surface area contributed by atoms with Crippen molar-refractivity contribution in [2.24, 2.45) is 0 Å². The average molecular weight is 449 g/mol. The molecule has 0 bridgehead atoms. The van der Waals surface area contributed by atoms with Gasteiger partial charge in [-0.2, -0.15) is 11.8 Å². The highest BCUT2D eigenvalue weighted by Crippen LogP contribution is 2.33. The molecule has 3 rings (SSSR count). The Balaban J connectivity index is 1.53. The van der Waals surface area contributed by atoms with E-state index in [2.05, 4.69) is 26.2 Å². The zero-order chi connectivity index (χ0) is 22.4. The second-order valence-electron chi connectivity index (χ2n) is 6.86. The monoisotopic (exact) mass is 448 g/mol. The Morgan fingerprint density at radius 3 is 2.97 bits per heavy atom. The number of carbonyl (C=O) groups is 1. The Morgan fingerprint density at radius 1 is 1.42 bits per heavy atom. The highest BCUT2D eigenvalue weighted by Gasteiger charge is 2.44. The van der Waals surface area contributed by atoms with Crippen molar-refractivity contribution in [3.63, 3.8) is 0 Å². The Labute approximate surface area is 182 Å². The molecule has 2 aromatic rings. The number of thioether (sulfide) groups is 1. The lowest BCUT2D eigenvalue weighted by Crippen LogP contribution is -2.37. The minimum Gasteiger partial charge on any atom is -0.480 e. The molecule has 1 fully saturated rings. The number of hydrogen-bond donors (Lipinski definition) is 5. The molecule has 1 saturated heterocycles. The number of aromatic nitrogens is 4. The summed E-state index contributed by atoms with van der Waals surface area (Å²) in [7, 11) is 0. The number of rotatable bonds is 10. The van der Waals surface area contributed by atoms with Crippen LogP contribution in [0.15, 0.2) is 24.8 Å². The van der Waals surface area contributed by atoms with Crippen molar-refractivity contribution < 1.29 is 24.9 Å². The number of nitrogen functional groups attached to an aromatic ring is 1. The molecule has 0 unspecified atom stereocenters. The van der Waals surface area contributed by atoms with Crippen LogP contribution in [-0.2, 0) is 9.53 Å². The van der Waals surface area contributed by atoms with Gasteiger partial charge in [0.25, 0.3) is 0 Å². The van der Waals surface area contributed by atoms with Crippen molar-refractivity contribution in [1.82, 2.24) is 24.8 Å². The summed E-state index contributed by atoms with van der Waals surface area (Å²) in [5, 5.41) is 33.1. The molecule has 6 N–H and O–H groups in total. The van der Waals surface area contributed by atoms with E-state index >= 15 is 0 Å². The molecule has 3 heterocycles. The number of carboxylic acid groups (broad SMARTS) is 1. The van der Waals surface area contributed by atoms with Crippen LogP contribution in [0.5, 0.6) is 0 Å². The van der Waals surface area contributed by atoms with E-state index in [-0.39, 0.29) is 5.82 Å². The maximum atomic E-state index is 11.4. The van der Waals surface area contributed by atoms with E-state index in [0.717, 1.165) is 0 Å². The zero-order valence-corrected chi connectivity index (χ0v) is 17.4.